The summed E-state index contributed by atoms with van der Waals surface area (Å²) in [5.74, 6) is -0.0737. The van der Waals surface area contributed by atoms with E-state index in [0.717, 1.165) is 0 Å². The molecule has 0 bridgehead atoms. The molecule has 10 unspecified atom stereocenters. The van der Waals surface area contributed by atoms with Crippen LogP contribution in [0, 0.1) is 0 Å². The van der Waals surface area contributed by atoms with Gasteiger partial charge in [-0.05, 0) is 0 Å². The molecule has 0 saturated carbocycles. The smallest absolute Gasteiger partial charge is 0.385 e. The molecule has 7 N–H and O–H groups in total. The molecule has 0 spiro atoms. The van der Waals surface area contributed by atoms with Gasteiger partial charge in [0.2, 0.25) is 11.9 Å². The number of aromatic nitrogens is 8. The highest BCUT2D eigenvalue weighted by atomic mass is 31.1. The molecule has 7 heterocycles. The van der Waals surface area contributed by atoms with Crippen molar-refractivity contribution in [1.82, 2.24) is 39.0 Å². The van der Waals surface area contributed by atoms with Crippen LogP contribution >= 0.6 is 16.5 Å². The van der Waals surface area contributed by atoms with Crippen LogP contribution in [0.2, 0.25) is 0 Å². The fourth-order valence-corrected chi connectivity index (χ4v) is 6.89. The average molecular weight is 670 g/mol. The number of imidazole rings is 2. The van der Waals surface area contributed by atoms with E-state index >= 15 is 0 Å². The fraction of sp³-hybridized carbons (Fsp3) is 0.524. The molecule has 24 heteroatoms. The molecule has 22 nitrogen and oxygen atoms in total. The van der Waals surface area contributed by atoms with Crippen molar-refractivity contribution < 1.29 is 46.9 Å². The molecule has 0 aliphatic carbocycles. The van der Waals surface area contributed by atoms with Gasteiger partial charge in [-0.1, -0.05) is 0 Å². The Morgan fingerprint density at radius 1 is 0.867 bits per heavy atom. The summed E-state index contributed by atoms with van der Waals surface area (Å²) in [4.78, 5) is 45.8. The number of aromatic amines is 2. The zero-order valence-electron chi connectivity index (χ0n) is 22.8. The predicted octanol–water partition coefficient (Wildman–Crippen LogP) is -1.47. The summed E-state index contributed by atoms with van der Waals surface area (Å²) in [5, 5.41) is 25.0. The Labute approximate surface area is 250 Å². The number of nitrogens with two attached hydrogens (primary N) is 1. The Balaban J connectivity index is 1.13. The third-order valence-electron chi connectivity index (χ3n) is 7.39. The lowest BCUT2D eigenvalue weighted by atomic mass is 10.1. The minimum absolute atomic E-state index is 0.00485. The van der Waals surface area contributed by atoms with Gasteiger partial charge in [0.25, 0.3) is 11.1 Å². The first-order valence-electron chi connectivity index (χ1n) is 13.2. The SMILES string of the molecule is CNc1nc2c(ncn2C2OC3CO[P+](=O)OC4C(CO[P+](=O)OC3C2O)OC(n2cnc3c(=O)[nH]c(N)nc32)C4O)c(=O)[nH]1. The zero-order chi connectivity index (χ0) is 31.6. The second kappa shape index (κ2) is 11.5. The number of H-pyrrole nitrogens is 2. The molecule has 45 heavy (non-hydrogen) atoms. The zero-order valence-corrected chi connectivity index (χ0v) is 24.6. The van der Waals surface area contributed by atoms with Gasteiger partial charge in [-0.15, -0.1) is 18.1 Å². The van der Waals surface area contributed by atoms with Crippen LogP contribution in [-0.4, -0.2) is 106 Å². The molecule has 4 aromatic rings. The van der Waals surface area contributed by atoms with E-state index in [9.17, 15) is 28.9 Å². The van der Waals surface area contributed by atoms with E-state index in [1.807, 2.05) is 0 Å². The van der Waals surface area contributed by atoms with Gasteiger partial charge in [0.1, 0.15) is 37.6 Å². The van der Waals surface area contributed by atoms with Gasteiger partial charge in [0.15, 0.2) is 47.0 Å². The van der Waals surface area contributed by atoms with Crippen molar-refractivity contribution in [2.75, 3.05) is 31.3 Å². The first kappa shape index (κ1) is 29.9. The predicted molar refractivity (Wildman–Crippen MR) is 147 cm³/mol. The second-order valence-corrected chi connectivity index (χ2v) is 11.9. The maximum absolute atomic E-state index is 12.9. The third-order valence-corrected chi connectivity index (χ3v) is 8.94. The van der Waals surface area contributed by atoms with Gasteiger partial charge in [-0.2, -0.15) is 9.97 Å². The topological polar surface area (TPSA) is 295 Å². The Kier molecular flexibility index (Phi) is 7.64. The van der Waals surface area contributed by atoms with Crippen LogP contribution in [0.3, 0.4) is 0 Å². The molecular formula is C21H24N10O12P2+2. The Bertz CT molecular complexity index is 1930. The van der Waals surface area contributed by atoms with Crippen LogP contribution in [-0.2, 0) is 36.7 Å². The number of nitrogens with zero attached hydrogens (tertiary/aromatic N) is 6. The van der Waals surface area contributed by atoms with Gasteiger partial charge in [0.05, 0.1) is 12.7 Å². The number of nitrogen functional groups attached to an aromatic ring is 1. The minimum atomic E-state index is -2.95. The molecule has 10 atom stereocenters. The number of fused-ring (bicyclic) bond motifs is 4. The number of nitrogens with one attached hydrogen (secondary N) is 3. The first-order valence-corrected chi connectivity index (χ1v) is 15.4. The Morgan fingerprint density at radius 2 is 1.36 bits per heavy atom. The highest BCUT2D eigenvalue weighted by molar-refractivity contribution is 7.33. The summed E-state index contributed by atoms with van der Waals surface area (Å²) < 4.78 is 62.0. The summed E-state index contributed by atoms with van der Waals surface area (Å²) in [6, 6.07) is 0. The van der Waals surface area contributed by atoms with Gasteiger partial charge in [-0.3, -0.25) is 28.7 Å². The van der Waals surface area contributed by atoms with Crippen molar-refractivity contribution in [1.29, 1.82) is 0 Å². The third kappa shape index (κ3) is 5.20. The molecular weight excluding hydrogens is 646 g/mol. The molecule has 0 aromatic carbocycles. The summed E-state index contributed by atoms with van der Waals surface area (Å²) in [6.45, 7) is -0.988. The maximum atomic E-state index is 12.9. The molecule has 0 amide bonds. The van der Waals surface area contributed by atoms with E-state index in [4.69, 9.17) is 33.3 Å². The van der Waals surface area contributed by atoms with Crippen LogP contribution in [0.15, 0.2) is 22.2 Å². The van der Waals surface area contributed by atoms with Crippen molar-refractivity contribution in [3.8, 4) is 0 Å². The van der Waals surface area contributed by atoms with Crippen molar-refractivity contribution in [3.05, 3.63) is 33.4 Å². The van der Waals surface area contributed by atoms with E-state index in [1.54, 1.807) is 7.05 Å². The number of rotatable bonds is 3. The van der Waals surface area contributed by atoms with Crippen molar-refractivity contribution in [2.24, 2.45) is 0 Å². The normalized spacial score (nSPS) is 32.7. The van der Waals surface area contributed by atoms with Crippen molar-refractivity contribution in [2.45, 2.75) is 49.1 Å². The summed E-state index contributed by atoms with van der Waals surface area (Å²) in [7, 11) is -4.35. The average Bonchev–Trinajstić information content (AvgIpc) is 3.76. The van der Waals surface area contributed by atoms with E-state index in [1.165, 1.54) is 21.8 Å². The van der Waals surface area contributed by atoms with Crippen molar-refractivity contribution >= 4 is 50.7 Å². The lowest BCUT2D eigenvalue weighted by Gasteiger charge is -2.16. The Morgan fingerprint density at radius 3 is 1.87 bits per heavy atom. The quantitative estimate of drug-likeness (QED) is 0.135. The van der Waals surface area contributed by atoms with Crippen LogP contribution in [0.1, 0.15) is 12.5 Å². The molecule has 3 fully saturated rings. The van der Waals surface area contributed by atoms with Gasteiger partial charge >= 0.3 is 16.5 Å². The fourth-order valence-electron chi connectivity index (χ4n) is 5.32. The second-order valence-electron chi connectivity index (χ2n) is 10.1. The van der Waals surface area contributed by atoms with Crippen LogP contribution < -0.4 is 22.2 Å². The molecule has 3 aliphatic heterocycles. The summed E-state index contributed by atoms with van der Waals surface area (Å²) in [6.07, 6.45) is -8.17. The van der Waals surface area contributed by atoms with E-state index in [0.29, 0.717) is 0 Å². The Hall–Kier alpha value is -3.82. The number of hydrogen-bond acceptors (Lipinski definition) is 18. The lowest BCUT2D eigenvalue weighted by Crippen LogP contribution is -2.37. The summed E-state index contributed by atoms with van der Waals surface area (Å²) >= 11 is 0. The highest BCUT2D eigenvalue weighted by Gasteiger charge is 2.56. The van der Waals surface area contributed by atoms with Gasteiger partial charge < -0.3 is 30.7 Å². The highest BCUT2D eigenvalue weighted by Crippen LogP contribution is 2.44. The standard InChI is InChI=1S/C21H22N10O12P2/c1-23-21-27-15-9(17(35)29-21)25-5-31(15)19-11(33)13-7(41-19)3-39-44(36)42-12-6(2-38-45(37)43-13)40-18(10(12)32)30-4-24-8-14(30)26-20(22)28-16(8)34/h4-7,10-13,18-19,32-33H,2-3H2,1H3,(H3-2,22,23,26,27,28,29,34,35)/p+2. The van der Waals surface area contributed by atoms with Crippen LogP contribution in [0.5, 0.6) is 0 Å². The van der Waals surface area contributed by atoms with Crippen LogP contribution in [0.4, 0.5) is 11.9 Å². The molecule has 3 saturated heterocycles. The molecule has 238 valence electrons. The van der Waals surface area contributed by atoms with Gasteiger partial charge in [0, 0.05) is 16.2 Å². The lowest BCUT2D eigenvalue weighted by molar-refractivity contribution is -0.0553. The minimum Gasteiger partial charge on any atom is -0.385 e. The number of hydrogen-bond donors (Lipinski definition) is 6. The number of ether oxygens (including phenoxy) is 2. The van der Waals surface area contributed by atoms with Gasteiger partial charge in [-0.25, -0.2) is 9.97 Å². The first-order chi connectivity index (χ1) is 21.6. The number of aliphatic hydroxyl groups excluding tert-OH is 2. The molecule has 3 aliphatic rings. The summed E-state index contributed by atoms with van der Waals surface area (Å²) in [5.41, 5.74) is 4.46. The van der Waals surface area contributed by atoms with E-state index in [-0.39, 0.29) is 34.2 Å². The van der Waals surface area contributed by atoms with Crippen LogP contribution in [0.25, 0.3) is 22.3 Å². The molecule has 0 radical (unpaired) electrons. The number of anilines is 2. The number of aliphatic hydroxyl groups is 2. The molecule has 4 aromatic heterocycles. The largest absolute Gasteiger partial charge is 0.697 e. The van der Waals surface area contributed by atoms with E-state index in [2.05, 4.69) is 35.2 Å². The maximum Gasteiger partial charge on any atom is 0.697 e. The van der Waals surface area contributed by atoms with Crippen molar-refractivity contribution in [3.63, 3.8) is 0 Å². The van der Waals surface area contributed by atoms with E-state index < -0.39 is 89.9 Å². The monoisotopic (exact) mass is 670 g/mol. The molecule has 7 rings (SSSR count).